The van der Waals surface area contributed by atoms with Gasteiger partial charge >= 0.3 is 12.1 Å². The van der Waals surface area contributed by atoms with Crippen LogP contribution in [-0.2, 0) is 16.1 Å². The van der Waals surface area contributed by atoms with Gasteiger partial charge in [-0.05, 0) is 12.1 Å². The molecule has 0 saturated heterocycles. The fraction of sp³-hybridized carbons (Fsp3) is 0.364. The highest BCUT2D eigenvalue weighted by Crippen LogP contribution is 2.19. The van der Waals surface area contributed by atoms with E-state index in [2.05, 4.69) is 0 Å². The van der Waals surface area contributed by atoms with E-state index in [0.29, 0.717) is 4.57 Å². The van der Waals surface area contributed by atoms with Crippen LogP contribution in [0.5, 0.6) is 0 Å². The molecule has 1 aromatic rings. The highest BCUT2D eigenvalue weighted by molar-refractivity contribution is 5.96. The minimum absolute atomic E-state index is 0.372. The molecule has 0 aliphatic carbocycles. The van der Waals surface area contributed by atoms with Crippen molar-refractivity contribution >= 4 is 17.8 Å². The molecule has 1 aromatic heterocycles. The molecule has 2 amide bonds. The first-order chi connectivity index (χ1) is 9.60. The number of carbonyl (C=O) groups excluding carboxylic acids is 2. The second-order valence-corrected chi connectivity index (χ2v) is 4.17. The molecule has 1 rings (SSSR count). The number of aliphatic carboxylic acids is 1. The number of carbonyl (C=O) groups is 3. The van der Waals surface area contributed by atoms with Crippen LogP contribution in [0, 0.1) is 0 Å². The minimum Gasteiger partial charge on any atom is -0.480 e. The third-order valence-corrected chi connectivity index (χ3v) is 2.42. The maximum absolute atomic E-state index is 12.3. The highest BCUT2D eigenvalue weighted by atomic mass is 19.4. The normalized spacial score (nSPS) is 12.7. The average molecular weight is 307 g/mol. The number of aromatic nitrogens is 1. The average Bonchev–Trinajstić information content (AvgIpc) is 2.72. The lowest BCUT2D eigenvalue weighted by molar-refractivity contribution is -0.141. The van der Waals surface area contributed by atoms with Crippen molar-refractivity contribution in [2.24, 2.45) is 5.73 Å². The van der Waals surface area contributed by atoms with Gasteiger partial charge in [0.05, 0.1) is 6.42 Å². The van der Waals surface area contributed by atoms with Crippen molar-refractivity contribution < 1.29 is 32.7 Å². The Morgan fingerprint density at radius 2 is 2.00 bits per heavy atom. The Kier molecular flexibility index (Phi) is 4.95. The summed E-state index contributed by atoms with van der Waals surface area (Å²) in [6.45, 7) is -1.39. The molecular formula is C11H12F3N3O4. The quantitative estimate of drug-likeness (QED) is 0.692. The van der Waals surface area contributed by atoms with Crippen molar-refractivity contribution in [3.63, 3.8) is 0 Å². The van der Waals surface area contributed by atoms with Gasteiger partial charge in [0.15, 0.2) is 0 Å². The Morgan fingerprint density at radius 3 is 2.48 bits per heavy atom. The SMILES string of the molecule is NC(=O)C[C@H](NC(=O)c1cccn1CC(F)(F)F)C(=O)O. The van der Waals surface area contributed by atoms with Gasteiger partial charge in [0.1, 0.15) is 18.3 Å². The number of nitrogens with two attached hydrogens (primary N) is 1. The Labute approximate surface area is 116 Å². The van der Waals surface area contributed by atoms with Gasteiger partial charge in [-0.25, -0.2) is 4.79 Å². The third kappa shape index (κ3) is 5.16. The number of hydrogen-bond acceptors (Lipinski definition) is 3. The summed E-state index contributed by atoms with van der Waals surface area (Å²) in [5.41, 5.74) is 4.46. The summed E-state index contributed by atoms with van der Waals surface area (Å²) in [6.07, 6.45) is -4.17. The predicted octanol–water partition coefficient (Wildman–Crippen LogP) is 0.109. The number of amides is 2. The van der Waals surface area contributed by atoms with Gasteiger partial charge < -0.3 is 20.7 Å². The van der Waals surface area contributed by atoms with Crippen LogP contribution in [0.1, 0.15) is 16.9 Å². The summed E-state index contributed by atoms with van der Waals surface area (Å²) in [5.74, 6) is -3.53. The van der Waals surface area contributed by atoms with E-state index in [-0.39, 0.29) is 5.69 Å². The smallest absolute Gasteiger partial charge is 0.406 e. The molecule has 4 N–H and O–H groups in total. The topological polar surface area (TPSA) is 114 Å². The van der Waals surface area contributed by atoms with Crippen molar-refractivity contribution in [1.82, 2.24) is 9.88 Å². The summed E-state index contributed by atoms with van der Waals surface area (Å²) >= 11 is 0. The van der Waals surface area contributed by atoms with Crippen molar-refractivity contribution in [3.8, 4) is 0 Å². The molecule has 0 aliphatic rings. The lowest BCUT2D eigenvalue weighted by atomic mass is 10.2. The summed E-state index contributed by atoms with van der Waals surface area (Å²) in [5, 5.41) is 10.8. The molecule has 21 heavy (non-hydrogen) atoms. The molecule has 0 spiro atoms. The summed E-state index contributed by atoms with van der Waals surface area (Å²) in [6, 6.07) is 0.707. The number of nitrogens with one attached hydrogen (secondary N) is 1. The second-order valence-electron chi connectivity index (χ2n) is 4.17. The molecule has 0 saturated carbocycles. The monoisotopic (exact) mass is 307 g/mol. The standard InChI is InChI=1S/C11H12F3N3O4/c12-11(13,14)5-17-3-1-2-7(17)9(19)16-6(10(20)21)4-8(15)18/h1-3,6H,4-5H2,(H2,15,18)(H,16,19)(H,20,21)/t6-/m0/s1. The van der Waals surface area contributed by atoms with Crippen molar-refractivity contribution in [1.29, 1.82) is 0 Å². The fourth-order valence-electron chi connectivity index (χ4n) is 1.58. The maximum atomic E-state index is 12.3. The van der Waals surface area contributed by atoms with E-state index in [4.69, 9.17) is 10.8 Å². The highest BCUT2D eigenvalue weighted by Gasteiger charge is 2.30. The number of carboxylic acid groups (broad SMARTS) is 1. The van der Waals surface area contributed by atoms with Crippen molar-refractivity contribution in [3.05, 3.63) is 24.0 Å². The maximum Gasteiger partial charge on any atom is 0.406 e. The number of halogens is 3. The molecule has 0 unspecified atom stereocenters. The molecule has 0 fully saturated rings. The minimum atomic E-state index is -4.53. The van der Waals surface area contributed by atoms with Crippen LogP contribution in [0.25, 0.3) is 0 Å². The van der Waals surface area contributed by atoms with Crippen LogP contribution < -0.4 is 11.1 Å². The number of alkyl halides is 3. The molecule has 0 bridgehead atoms. The van der Waals surface area contributed by atoms with Gasteiger partial charge in [0.2, 0.25) is 5.91 Å². The van der Waals surface area contributed by atoms with Crippen LogP contribution in [0.15, 0.2) is 18.3 Å². The zero-order valence-electron chi connectivity index (χ0n) is 10.6. The molecule has 10 heteroatoms. The van der Waals surface area contributed by atoms with Crippen LogP contribution in [-0.4, -0.2) is 39.7 Å². The number of primary amides is 1. The van der Waals surface area contributed by atoms with Gasteiger partial charge in [-0.15, -0.1) is 0 Å². The van der Waals surface area contributed by atoms with E-state index in [1.54, 1.807) is 0 Å². The van der Waals surface area contributed by atoms with Gasteiger partial charge in [0.25, 0.3) is 5.91 Å². The van der Waals surface area contributed by atoms with E-state index < -0.39 is 43.0 Å². The first-order valence-electron chi connectivity index (χ1n) is 5.64. The molecule has 0 radical (unpaired) electrons. The molecule has 0 aromatic carbocycles. The Bertz CT molecular complexity index is 553. The molecule has 116 valence electrons. The van der Waals surface area contributed by atoms with E-state index in [1.807, 2.05) is 5.32 Å². The first kappa shape index (κ1) is 16.5. The molecular weight excluding hydrogens is 295 g/mol. The molecule has 0 aliphatic heterocycles. The van der Waals surface area contributed by atoms with Crippen LogP contribution in [0.4, 0.5) is 13.2 Å². The molecule has 7 nitrogen and oxygen atoms in total. The number of nitrogens with zero attached hydrogens (tertiary/aromatic N) is 1. The summed E-state index contributed by atoms with van der Waals surface area (Å²) in [4.78, 5) is 33.3. The molecule has 1 atom stereocenters. The largest absolute Gasteiger partial charge is 0.480 e. The van der Waals surface area contributed by atoms with Crippen molar-refractivity contribution in [2.45, 2.75) is 25.2 Å². The second kappa shape index (κ2) is 6.29. The van der Waals surface area contributed by atoms with Crippen LogP contribution in [0.2, 0.25) is 0 Å². The number of rotatable bonds is 6. The van der Waals surface area contributed by atoms with Crippen molar-refractivity contribution in [2.75, 3.05) is 0 Å². The lowest BCUT2D eigenvalue weighted by Crippen LogP contribution is -2.44. The van der Waals surface area contributed by atoms with Gasteiger partial charge in [-0.2, -0.15) is 13.2 Å². The van der Waals surface area contributed by atoms with E-state index >= 15 is 0 Å². The van der Waals surface area contributed by atoms with Gasteiger partial charge in [-0.1, -0.05) is 0 Å². The van der Waals surface area contributed by atoms with E-state index in [9.17, 15) is 27.6 Å². The Balaban J connectivity index is 2.86. The fourth-order valence-corrected chi connectivity index (χ4v) is 1.58. The Hall–Kier alpha value is -2.52. The van der Waals surface area contributed by atoms with E-state index in [1.165, 1.54) is 6.07 Å². The summed E-state index contributed by atoms with van der Waals surface area (Å²) < 4.78 is 37.6. The first-order valence-corrected chi connectivity index (χ1v) is 5.64. The lowest BCUT2D eigenvalue weighted by Gasteiger charge is -2.15. The Morgan fingerprint density at radius 1 is 1.38 bits per heavy atom. The van der Waals surface area contributed by atoms with Gasteiger partial charge in [0, 0.05) is 6.20 Å². The predicted molar refractivity (Wildman–Crippen MR) is 63.2 cm³/mol. The third-order valence-electron chi connectivity index (χ3n) is 2.42. The van der Waals surface area contributed by atoms with Crippen LogP contribution in [0.3, 0.4) is 0 Å². The van der Waals surface area contributed by atoms with Gasteiger partial charge in [-0.3, -0.25) is 9.59 Å². The van der Waals surface area contributed by atoms with Crippen LogP contribution >= 0.6 is 0 Å². The summed E-state index contributed by atoms with van der Waals surface area (Å²) in [7, 11) is 0. The number of carboxylic acids is 1. The zero-order chi connectivity index (χ0) is 16.2. The molecule has 1 heterocycles. The zero-order valence-corrected chi connectivity index (χ0v) is 10.6. The number of hydrogen-bond donors (Lipinski definition) is 3. The van der Waals surface area contributed by atoms with E-state index in [0.717, 1.165) is 12.3 Å².